The first kappa shape index (κ1) is 22.0. The van der Waals surface area contributed by atoms with Crippen LogP contribution in [0, 0.1) is 6.92 Å². The number of hydrogen-bond donors (Lipinski definition) is 0. The third-order valence-corrected chi connectivity index (χ3v) is 5.66. The number of halogens is 3. The maximum atomic E-state index is 12.9. The van der Waals surface area contributed by atoms with Gasteiger partial charge in [0.15, 0.2) is 0 Å². The summed E-state index contributed by atoms with van der Waals surface area (Å²) in [7, 11) is 1.79. The number of nitrogens with zero attached hydrogens (tertiary/aromatic N) is 4. The van der Waals surface area contributed by atoms with E-state index in [0.717, 1.165) is 23.4 Å². The van der Waals surface area contributed by atoms with Crippen LogP contribution >= 0.6 is 0 Å². The second-order valence-electron chi connectivity index (χ2n) is 7.84. The van der Waals surface area contributed by atoms with Gasteiger partial charge in [-0.1, -0.05) is 24.3 Å². The summed E-state index contributed by atoms with van der Waals surface area (Å²) in [4.78, 5) is 19.1. The van der Waals surface area contributed by atoms with Crippen molar-refractivity contribution in [3.63, 3.8) is 0 Å². The van der Waals surface area contributed by atoms with Crippen LogP contribution in [0.5, 0.6) is 0 Å². The molecule has 1 aliphatic heterocycles. The smallest absolute Gasteiger partial charge is 0.368 e. The van der Waals surface area contributed by atoms with Crippen molar-refractivity contribution < 1.29 is 22.7 Å². The summed E-state index contributed by atoms with van der Waals surface area (Å²) in [5.41, 5.74) is 2.74. The average molecular weight is 444 g/mol. The molecule has 0 bridgehead atoms. The number of hydrogen-bond acceptors (Lipinski definition) is 4. The van der Waals surface area contributed by atoms with Crippen LogP contribution in [-0.4, -0.2) is 45.3 Å². The van der Waals surface area contributed by atoms with Gasteiger partial charge in [0, 0.05) is 25.5 Å². The number of pyridine rings is 1. The van der Waals surface area contributed by atoms with Crippen molar-refractivity contribution in [1.29, 1.82) is 0 Å². The van der Waals surface area contributed by atoms with E-state index in [0.29, 0.717) is 42.9 Å². The fourth-order valence-electron chi connectivity index (χ4n) is 3.72. The highest BCUT2D eigenvalue weighted by Gasteiger charge is 2.30. The Morgan fingerprint density at radius 3 is 2.66 bits per heavy atom. The predicted octanol–water partition coefficient (Wildman–Crippen LogP) is 3.95. The van der Waals surface area contributed by atoms with Crippen LogP contribution in [-0.2, 0) is 24.4 Å². The van der Waals surface area contributed by atoms with Gasteiger partial charge in [-0.3, -0.25) is 14.5 Å². The molecule has 168 valence electrons. The molecule has 32 heavy (non-hydrogen) atoms. The Hall–Kier alpha value is -3.20. The first-order valence-electron chi connectivity index (χ1n) is 10.2. The highest BCUT2D eigenvalue weighted by atomic mass is 19.4. The minimum atomic E-state index is -4.37. The summed E-state index contributed by atoms with van der Waals surface area (Å²) in [5.74, 6) is -0.0925. The SMILES string of the molecule is Cc1c(C(=O)N2CCO[C@@H](c3ccc(Cc4cccc(C(F)(F)F)c4)cn3)C2)cnn1C. The molecule has 1 amide bonds. The summed E-state index contributed by atoms with van der Waals surface area (Å²) in [6.07, 6.45) is -1.18. The van der Waals surface area contributed by atoms with Gasteiger partial charge in [-0.05, 0) is 36.6 Å². The molecule has 2 aromatic heterocycles. The highest BCUT2D eigenvalue weighted by molar-refractivity contribution is 5.95. The van der Waals surface area contributed by atoms with Gasteiger partial charge in [-0.2, -0.15) is 18.3 Å². The zero-order valence-corrected chi connectivity index (χ0v) is 17.8. The molecule has 3 aromatic rings. The van der Waals surface area contributed by atoms with E-state index in [1.54, 1.807) is 41.2 Å². The molecular weight excluding hydrogens is 421 g/mol. The van der Waals surface area contributed by atoms with E-state index >= 15 is 0 Å². The highest BCUT2D eigenvalue weighted by Crippen LogP contribution is 2.30. The third-order valence-electron chi connectivity index (χ3n) is 5.66. The molecule has 0 spiro atoms. The molecule has 4 rings (SSSR count). The van der Waals surface area contributed by atoms with E-state index < -0.39 is 11.7 Å². The minimum absolute atomic E-state index is 0.0925. The molecule has 9 heteroatoms. The van der Waals surface area contributed by atoms with Crippen molar-refractivity contribution in [1.82, 2.24) is 19.7 Å². The van der Waals surface area contributed by atoms with Crippen LogP contribution in [0.15, 0.2) is 48.8 Å². The van der Waals surface area contributed by atoms with Gasteiger partial charge in [0.05, 0.1) is 36.2 Å². The number of alkyl halides is 3. The Labute approximate surface area is 183 Å². The number of aromatic nitrogens is 3. The Morgan fingerprint density at radius 2 is 2.00 bits per heavy atom. The van der Waals surface area contributed by atoms with Crippen LogP contribution in [0.3, 0.4) is 0 Å². The van der Waals surface area contributed by atoms with Crippen molar-refractivity contribution in [3.8, 4) is 0 Å². The van der Waals surface area contributed by atoms with E-state index in [4.69, 9.17) is 4.74 Å². The van der Waals surface area contributed by atoms with E-state index in [-0.39, 0.29) is 12.0 Å². The molecular formula is C23H23F3N4O2. The van der Waals surface area contributed by atoms with Gasteiger partial charge in [-0.15, -0.1) is 0 Å². The number of carbonyl (C=O) groups excluding carboxylic acids is 1. The summed E-state index contributed by atoms with van der Waals surface area (Å²) in [5, 5.41) is 4.14. The first-order chi connectivity index (χ1) is 15.2. The standard InChI is InChI=1S/C23H23F3N4O2/c1-15-19(13-28-29(15)2)22(31)30-8-9-32-21(14-30)20-7-6-17(12-27-20)10-16-4-3-5-18(11-16)23(24,25)26/h3-7,11-13,21H,8-10,14H2,1-2H3/t21-/m1/s1. The first-order valence-corrected chi connectivity index (χ1v) is 10.2. The zero-order chi connectivity index (χ0) is 22.9. The number of carbonyl (C=O) groups is 1. The van der Waals surface area contributed by atoms with E-state index in [1.165, 1.54) is 6.07 Å². The summed E-state index contributed by atoms with van der Waals surface area (Å²) in [6.45, 7) is 3.09. The Morgan fingerprint density at radius 1 is 1.19 bits per heavy atom. The number of morpholine rings is 1. The Bertz CT molecular complexity index is 1110. The summed E-state index contributed by atoms with van der Waals surface area (Å²) in [6, 6.07) is 8.92. The van der Waals surface area contributed by atoms with Gasteiger partial charge >= 0.3 is 6.18 Å². The minimum Gasteiger partial charge on any atom is -0.368 e. The molecule has 3 heterocycles. The van der Waals surface area contributed by atoms with Crippen LogP contribution in [0.4, 0.5) is 13.2 Å². The predicted molar refractivity (Wildman–Crippen MR) is 111 cm³/mol. The third kappa shape index (κ3) is 4.67. The molecule has 0 radical (unpaired) electrons. The number of aryl methyl sites for hydroxylation is 1. The van der Waals surface area contributed by atoms with Crippen molar-refractivity contribution in [2.24, 2.45) is 7.05 Å². The largest absolute Gasteiger partial charge is 0.416 e. The van der Waals surface area contributed by atoms with Crippen molar-refractivity contribution in [2.45, 2.75) is 25.6 Å². The Kier molecular flexibility index (Phi) is 6.01. The van der Waals surface area contributed by atoms with Gasteiger partial charge in [-0.25, -0.2) is 0 Å². The number of benzene rings is 1. The molecule has 0 unspecified atom stereocenters. The van der Waals surface area contributed by atoms with Gasteiger partial charge < -0.3 is 9.64 Å². The van der Waals surface area contributed by atoms with Crippen LogP contribution in [0.25, 0.3) is 0 Å². The molecule has 1 atom stereocenters. The van der Waals surface area contributed by atoms with Crippen LogP contribution in [0.2, 0.25) is 0 Å². The molecule has 6 nitrogen and oxygen atoms in total. The lowest BCUT2D eigenvalue weighted by molar-refractivity contribution is -0.137. The van der Waals surface area contributed by atoms with E-state index in [1.807, 2.05) is 13.0 Å². The van der Waals surface area contributed by atoms with Gasteiger partial charge in [0.1, 0.15) is 6.10 Å². The second kappa shape index (κ2) is 8.74. The number of amides is 1. The normalized spacial score (nSPS) is 16.9. The molecule has 1 aromatic carbocycles. The lowest BCUT2D eigenvalue weighted by atomic mass is 10.0. The van der Waals surface area contributed by atoms with E-state index in [2.05, 4.69) is 10.1 Å². The molecule has 1 aliphatic rings. The van der Waals surface area contributed by atoms with Gasteiger partial charge in [0.25, 0.3) is 5.91 Å². The van der Waals surface area contributed by atoms with E-state index in [9.17, 15) is 18.0 Å². The zero-order valence-electron chi connectivity index (χ0n) is 17.8. The molecule has 0 saturated carbocycles. The lowest BCUT2D eigenvalue weighted by Gasteiger charge is -2.32. The molecule has 1 fully saturated rings. The average Bonchev–Trinajstić information content (AvgIpc) is 3.12. The second-order valence-corrected chi connectivity index (χ2v) is 7.84. The summed E-state index contributed by atoms with van der Waals surface area (Å²) < 4.78 is 46.3. The monoisotopic (exact) mass is 444 g/mol. The van der Waals surface area contributed by atoms with Crippen molar-refractivity contribution >= 4 is 5.91 Å². The van der Waals surface area contributed by atoms with Crippen molar-refractivity contribution in [3.05, 3.63) is 82.4 Å². The number of ether oxygens (including phenoxy) is 1. The molecule has 0 N–H and O–H groups in total. The fourth-order valence-corrected chi connectivity index (χ4v) is 3.72. The topological polar surface area (TPSA) is 60.3 Å². The quantitative estimate of drug-likeness (QED) is 0.612. The number of rotatable bonds is 4. The maximum Gasteiger partial charge on any atom is 0.416 e. The fraction of sp³-hybridized carbons (Fsp3) is 0.348. The Balaban J connectivity index is 1.44. The summed E-state index contributed by atoms with van der Waals surface area (Å²) >= 11 is 0. The lowest BCUT2D eigenvalue weighted by Crippen LogP contribution is -2.42. The molecule has 0 aliphatic carbocycles. The van der Waals surface area contributed by atoms with Gasteiger partial charge in [0.2, 0.25) is 0 Å². The van der Waals surface area contributed by atoms with Crippen LogP contribution in [0.1, 0.15) is 44.5 Å². The maximum absolute atomic E-state index is 12.9. The van der Waals surface area contributed by atoms with Crippen LogP contribution < -0.4 is 0 Å². The van der Waals surface area contributed by atoms with Crippen molar-refractivity contribution in [2.75, 3.05) is 19.7 Å². The molecule has 1 saturated heterocycles.